The number of sulfonamides is 1. The smallest absolute Gasteiger partial charge is 0.257 e. The normalized spacial score (nSPS) is 14.4. The van der Waals surface area contributed by atoms with Crippen molar-refractivity contribution in [1.29, 1.82) is 0 Å². The van der Waals surface area contributed by atoms with Crippen molar-refractivity contribution in [2.45, 2.75) is 17.7 Å². The summed E-state index contributed by atoms with van der Waals surface area (Å²) >= 11 is 5.80. The Morgan fingerprint density at radius 1 is 1.21 bits per heavy atom. The molecule has 1 heterocycles. The van der Waals surface area contributed by atoms with Gasteiger partial charge in [-0.25, -0.2) is 13.1 Å². The molecule has 1 aromatic heterocycles. The predicted molar refractivity (Wildman–Crippen MR) is 91.6 cm³/mol. The molecule has 1 fully saturated rings. The Kier molecular flexibility index (Phi) is 4.84. The molecule has 0 unspecified atom stereocenters. The summed E-state index contributed by atoms with van der Waals surface area (Å²) in [4.78, 5) is 16.1. The standard InChI is InChI=1S/C16H16ClN3O3S/c17-13-7-12(9-18-10-13)16(21)20-14-3-5-15(6-4-14)24(22,23)19-8-11-1-2-11/h3-7,9-11,19H,1-2,8H2,(H,20,21). The van der Waals surface area contributed by atoms with E-state index in [1.807, 2.05) is 0 Å². The van der Waals surface area contributed by atoms with Crippen LogP contribution in [0.2, 0.25) is 5.02 Å². The van der Waals surface area contributed by atoms with Gasteiger partial charge >= 0.3 is 0 Å². The number of carbonyl (C=O) groups is 1. The highest BCUT2D eigenvalue weighted by atomic mass is 35.5. The summed E-state index contributed by atoms with van der Waals surface area (Å²) in [5, 5.41) is 3.04. The molecule has 1 aliphatic rings. The van der Waals surface area contributed by atoms with Crippen LogP contribution in [0, 0.1) is 5.92 Å². The highest BCUT2D eigenvalue weighted by Crippen LogP contribution is 2.28. The van der Waals surface area contributed by atoms with E-state index in [9.17, 15) is 13.2 Å². The third kappa shape index (κ3) is 4.31. The molecule has 0 aliphatic heterocycles. The largest absolute Gasteiger partial charge is 0.322 e. The quantitative estimate of drug-likeness (QED) is 0.823. The Hall–Kier alpha value is -1.96. The number of aromatic nitrogens is 1. The molecule has 2 N–H and O–H groups in total. The molecule has 0 saturated heterocycles. The molecule has 3 rings (SSSR count). The number of rotatable bonds is 6. The van der Waals surface area contributed by atoms with Crippen LogP contribution >= 0.6 is 11.6 Å². The summed E-state index contributed by atoms with van der Waals surface area (Å²) in [6.07, 6.45) is 4.99. The van der Waals surface area contributed by atoms with Crippen LogP contribution in [0.25, 0.3) is 0 Å². The second kappa shape index (κ2) is 6.88. The molecule has 1 saturated carbocycles. The predicted octanol–water partition coefficient (Wildman–Crippen LogP) is 2.68. The van der Waals surface area contributed by atoms with Gasteiger partial charge in [-0.2, -0.15) is 0 Å². The van der Waals surface area contributed by atoms with Crippen LogP contribution in [-0.4, -0.2) is 25.9 Å². The Labute approximate surface area is 145 Å². The van der Waals surface area contributed by atoms with E-state index in [-0.39, 0.29) is 10.8 Å². The molecular formula is C16H16ClN3O3S. The zero-order valence-corrected chi connectivity index (χ0v) is 14.3. The van der Waals surface area contributed by atoms with Crippen molar-refractivity contribution in [3.63, 3.8) is 0 Å². The summed E-state index contributed by atoms with van der Waals surface area (Å²) in [6.45, 7) is 0.475. The molecular weight excluding hydrogens is 350 g/mol. The van der Waals surface area contributed by atoms with E-state index in [0.29, 0.717) is 28.7 Å². The summed E-state index contributed by atoms with van der Waals surface area (Å²) in [6, 6.07) is 7.51. The van der Waals surface area contributed by atoms with Crippen LogP contribution in [0.4, 0.5) is 5.69 Å². The molecule has 2 aromatic rings. The maximum atomic E-state index is 12.1. The highest BCUT2D eigenvalue weighted by molar-refractivity contribution is 7.89. The van der Waals surface area contributed by atoms with E-state index >= 15 is 0 Å². The Morgan fingerprint density at radius 3 is 2.54 bits per heavy atom. The number of halogens is 1. The van der Waals surface area contributed by atoms with Crippen LogP contribution in [0.1, 0.15) is 23.2 Å². The van der Waals surface area contributed by atoms with Gasteiger partial charge in [0, 0.05) is 24.6 Å². The number of hydrogen-bond acceptors (Lipinski definition) is 4. The Morgan fingerprint density at radius 2 is 1.92 bits per heavy atom. The lowest BCUT2D eigenvalue weighted by atomic mass is 10.2. The third-order valence-electron chi connectivity index (χ3n) is 3.65. The molecule has 1 amide bonds. The fraction of sp³-hybridized carbons (Fsp3) is 0.250. The molecule has 6 nitrogen and oxygen atoms in total. The van der Waals surface area contributed by atoms with Gasteiger partial charge in [-0.3, -0.25) is 9.78 Å². The minimum Gasteiger partial charge on any atom is -0.322 e. The molecule has 0 bridgehead atoms. The van der Waals surface area contributed by atoms with E-state index < -0.39 is 10.0 Å². The molecule has 1 aliphatic carbocycles. The number of hydrogen-bond donors (Lipinski definition) is 2. The van der Waals surface area contributed by atoms with Crippen LogP contribution in [0.15, 0.2) is 47.6 Å². The van der Waals surface area contributed by atoms with Gasteiger partial charge in [-0.1, -0.05) is 11.6 Å². The first-order valence-electron chi connectivity index (χ1n) is 7.46. The van der Waals surface area contributed by atoms with Crippen molar-refractivity contribution in [3.05, 3.63) is 53.3 Å². The molecule has 0 spiro atoms. The SMILES string of the molecule is O=C(Nc1ccc(S(=O)(=O)NCC2CC2)cc1)c1cncc(Cl)c1. The third-order valence-corrected chi connectivity index (χ3v) is 5.29. The van der Waals surface area contributed by atoms with Crippen LogP contribution in [0.5, 0.6) is 0 Å². The monoisotopic (exact) mass is 365 g/mol. The van der Waals surface area contributed by atoms with Gasteiger partial charge in [0.15, 0.2) is 0 Å². The Bertz CT molecular complexity index is 849. The van der Waals surface area contributed by atoms with Crippen molar-refractivity contribution in [1.82, 2.24) is 9.71 Å². The zero-order chi connectivity index (χ0) is 17.2. The van der Waals surface area contributed by atoms with Crippen molar-refractivity contribution in [2.75, 3.05) is 11.9 Å². The second-order valence-corrected chi connectivity index (χ2v) is 7.87. The molecule has 0 atom stereocenters. The molecule has 126 valence electrons. The van der Waals surface area contributed by atoms with Crippen LogP contribution in [0.3, 0.4) is 0 Å². The molecule has 0 radical (unpaired) electrons. The number of nitrogens with one attached hydrogen (secondary N) is 2. The summed E-state index contributed by atoms with van der Waals surface area (Å²) in [5.74, 6) is 0.0945. The second-order valence-electron chi connectivity index (χ2n) is 5.67. The van der Waals surface area contributed by atoms with Crippen molar-refractivity contribution in [3.8, 4) is 0 Å². The average Bonchev–Trinajstić information content (AvgIpc) is 3.38. The fourth-order valence-corrected chi connectivity index (χ4v) is 3.38. The number of anilines is 1. The maximum Gasteiger partial charge on any atom is 0.257 e. The number of nitrogens with zero attached hydrogens (tertiary/aromatic N) is 1. The maximum absolute atomic E-state index is 12.1. The Balaban J connectivity index is 1.66. The first-order chi connectivity index (χ1) is 11.4. The van der Waals surface area contributed by atoms with Gasteiger partial charge in [-0.05, 0) is 49.1 Å². The zero-order valence-electron chi connectivity index (χ0n) is 12.7. The lowest BCUT2D eigenvalue weighted by Gasteiger charge is -2.08. The first-order valence-corrected chi connectivity index (χ1v) is 9.32. The van der Waals surface area contributed by atoms with Crippen molar-refractivity contribution < 1.29 is 13.2 Å². The van der Waals surface area contributed by atoms with Gasteiger partial charge in [0.2, 0.25) is 10.0 Å². The van der Waals surface area contributed by atoms with Gasteiger partial charge in [0.25, 0.3) is 5.91 Å². The van der Waals surface area contributed by atoms with E-state index in [0.717, 1.165) is 12.8 Å². The van der Waals surface area contributed by atoms with Crippen molar-refractivity contribution >= 4 is 33.2 Å². The van der Waals surface area contributed by atoms with Crippen molar-refractivity contribution in [2.24, 2.45) is 5.92 Å². The molecule has 8 heteroatoms. The fourth-order valence-electron chi connectivity index (χ4n) is 2.09. The lowest BCUT2D eigenvalue weighted by molar-refractivity contribution is 0.102. The number of carbonyl (C=O) groups excluding carboxylic acids is 1. The molecule has 1 aromatic carbocycles. The minimum atomic E-state index is -3.51. The van der Waals surface area contributed by atoms with E-state index in [4.69, 9.17) is 11.6 Å². The topological polar surface area (TPSA) is 88.2 Å². The summed E-state index contributed by atoms with van der Waals surface area (Å²) in [7, 11) is -3.51. The lowest BCUT2D eigenvalue weighted by Crippen LogP contribution is -2.25. The van der Waals surface area contributed by atoms with Crippen LogP contribution < -0.4 is 10.0 Å². The highest BCUT2D eigenvalue weighted by Gasteiger charge is 2.24. The van der Waals surface area contributed by atoms with E-state index in [1.54, 1.807) is 12.1 Å². The van der Waals surface area contributed by atoms with Crippen LogP contribution in [-0.2, 0) is 10.0 Å². The van der Waals surface area contributed by atoms with Gasteiger partial charge in [0.05, 0.1) is 15.5 Å². The number of benzene rings is 1. The number of pyridine rings is 1. The van der Waals surface area contributed by atoms with Gasteiger partial charge in [0.1, 0.15) is 0 Å². The summed E-state index contributed by atoms with van der Waals surface area (Å²) in [5.41, 5.74) is 0.811. The summed E-state index contributed by atoms with van der Waals surface area (Å²) < 4.78 is 26.9. The van der Waals surface area contributed by atoms with Gasteiger partial charge in [-0.15, -0.1) is 0 Å². The van der Waals surface area contributed by atoms with E-state index in [1.165, 1.54) is 30.6 Å². The average molecular weight is 366 g/mol. The van der Waals surface area contributed by atoms with Gasteiger partial charge < -0.3 is 5.32 Å². The molecule has 24 heavy (non-hydrogen) atoms. The first kappa shape index (κ1) is 16.9. The number of amides is 1. The van der Waals surface area contributed by atoms with E-state index in [2.05, 4.69) is 15.0 Å². The minimum absolute atomic E-state index is 0.172.